The first-order chi connectivity index (χ1) is 13.5. The largest absolute Gasteiger partial charge is 0.465 e. The smallest absolute Gasteiger partial charge is 0.305 e. The molecular weight excluding hydrogens is 356 g/mol. The van der Waals surface area contributed by atoms with Crippen LogP contribution in [-0.4, -0.2) is 47.7 Å². The molecule has 0 saturated carbocycles. The fourth-order valence-electron chi connectivity index (χ4n) is 3.18. The Morgan fingerprint density at radius 2 is 1.11 bits per heavy atom. The van der Waals surface area contributed by atoms with Gasteiger partial charge in [0, 0.05) is 6.42 Å². The highest BCUT2D eigenvalue weighted by Gasteiger charge is 2.29. The van der Waals surface area contributed by atoms with Gasteiger partial charge in [0.2, 0.25) is 0 Å². The number of esters is 1. The Bertz CT molecular complexity index is 345. The van der Waals surface area contributed by atoms with Gasteiger partial charge >= 0.3 is 5.97 Å². The maximum atomic E-state index is 11.7. The van der Waals surface area contributed by atoms with Crippen molar-refractivity contribution in [3.63, 3.8) is 0 Å². The second-order valence-corrected chi connectivity index (χ2v) is 8.81. The van der Waals surface area contributed by atoms with Crippen molar-refractivity contribution in [3.8, 4) is 0 Å². The van der Waals surface area contributed by atoms with Crippen molar-refractivity contribution in [2.45, 2.75) is 104 Å². The number of rotatable bonds is 20. The van der Waals surface area contributed by atoms with Crippen LogP contribution in [-0.2, 0) is 9.53 Å². The molecular formula is C23H46O5. The number of aliphatic hydroxyl groups excluding tert-OH is 3. The van der Waals surface area contributed by atoms with E-state index >= 15 is 0 Å². The number of hydrogen-bond acceptors (Lipinski definition) is 5. The summed E-state index contributed by atoms with van der Waals surface area (Å²) in [6.07, 6.45) is 16.8. The summed E-state index contributed by atoms with van der Waals surface area (Å²) in [5.74, 6) is 0.516. The molecule has 0 rings (SSSR count). The quantitative estimate of drug-likeness (QED) is 0.204. The molecule has 3 N–H and O–H groups in total. The molecule has 168 valence electrons. The number of aliphatic hydroxyl groups is 3. The van der Waals surface area contributed by atoms with Gasteiger partial charge < -0.3 is 20.1 Å². The van der Waals surface area contributed by atoms with E-state index in [9.17, 15) is 20.1 Å². The Morgan fingerprint density at radius 3 is 1.50 bits per heavy atom. The summed E-state index contributed by atoms with van der Waals surface area (Å²) >= 11 is 0. The van der Waals surface area contributed by atoms with E-state index in [4.69, 9.17) is 4.74 Å². The average molecular weight is 403 g/mol. The second kappa shape index (κ2) is 18.4. The van der Waals surface area contributed by atoms with Crippen molar-refractivity contribution < 1.29 is 24.9 Å². The molecule has 0 unspecified atom stereocenters. The van der Waals surface area contributed by atoms with Crippen LogP contribution in [0.15, 0.2) is 0 Å². The van der Waals surface area contributed by atoms with Crippen molar-refractivity contribution in [1.82, 2.24) is 0 Å². The molecule has 0 saturated heterocycles. The zero-order valence-corrected chi connectivity index (χ0v) is 18.5. The lowest BCUT2D eigenvalue weighted by Gasteiger charge is -2.26. The van der Waals surface area contributed by atoms with Crippen molar-refractivity contribution >= 4 is 5.97 Å². The van der Waals surface area contributed by atoms with Crippen LogP contribution in [0.25, 0.3) is 0 Å². The molecule has 0 bridgehead atoms. The molecule has 28 heavy (non-hydrogen) atoms. The first-order valence-corrected chi connectivity index (χ1v) is 11.5. The highest BCUT2D eigenvalue weighted by atomic mass is 16.5. The van der Waals surface area contributed by atoms with Crippen LogP contribution in [0.2, 0.25) is 0 Å². The third-order valence-corrected chi connectivity index (χ3v) is 5.46. The maximum Gasteiger partial charge on any atom is 0.305 e. The normalized spacial score (nSPS) is 11.9. The molecule has 5 heteroatoms. The number of carbonyl (C=O) groups is 1. The maximum absolute atomic E-state index is 11.7. The van der Waals surface area contributed by atoms with Crippen LogP contribution in [0.5, 0.6) is 0 Å². The first-order valence-electron chi connectivity index (χ1n) is 11.5. The zero-order chi connectivity index (χ0) is 21.1. The number of carbonyl (C=O) groups excluding carboxylic acids is 1. The molecule has 0 aliphatic carbocycles. The number of hydrogen-bond donors (Lipinski definition) is 3. The van der Waals surface area contributed by atoms with Gasteiger partial charge in [-0.1, -0.05) is 90.9 Å². The highest BCUT2D eigenvalue weighted by Crippen LogP contribution is 2.17. The van der Waals surface area contributed by atoms with Gasteiger partial charge in [0.05, 0.1) is 25.2 Å². The van der Waals surface area contributed by atoms with Crippen LogP contribution in [0, 0.1) is 11.3 Å². The zero-order valence-electron chi connectivity index (χ0n) is 18.5. The van der Waals surface area contributed by atoms with Gasteiger partial charge in [-0.3, -0.25) is 4.79 Å². The van der Waals surface area contributed by atoms with Crippen molar-refractivity contribution in [3.05, 3.63) is 0 Å². The van der Waals surface area contributed by atoms with Gasteiger partial charge in [-0.05, 0) is 12.3 Å². The van der Waals surface area contributed by atoms with Gasteiger partial charge in [-0.15, -0.1) is 0 Å². The predicted octanol–water partition coefficient (Wildman–Crippen LogP) is 4.61. The van der Waals surface area contributed by atoms with Crippen molar-refractivity contribution in [1.29, 1.82) is 0 Å². The van der Waals surface area contributed by atoms with Gasteiger partial charge in [-0.25, -0.2) is 0 Å². The van der Waals surface area contributed by atoms with Crippen LogP contribution in [0.1, 0.15) is 104 Å². The summed E-state index contributed by atoms with van der Waals surface area (Å²) < 4.78 is 5.08. The Labute approximate surface area is 172 Å². The summed E-state index contributed by atoms with van der Waals surface area (Å²) in [6.45, 7) is 3.21. The molecule has 0 fully saturated rings. The minimum atomic E-state index is -1.14. The van der Waals surface area contributed by atoms with Gasteiger partial charge in [-0.2, -0.15) is 0 Å². The van der Waals surface area contributed by atoms with E-state index in [1.54, 1.807) is 0 Å². The first kappa shape index (κ1) is 27.4. The standard InChI is InChI=1S/C23H46O5/c1-21(2)15-13-11-9-7-5-3-4-6-8-10-12-14-16-22(27)28-20-23(17-24,18-25)19-26/h21,24-26H,3-20H2,1-2H3. The van der Waals surface area contributed by atoms with E-state index in [0.29, 0.717) is 6.42 Å². The SMILES string of the molecule is CC(C)CCCCCCCCCCCCCCC(=O)OCC(CO)(CO)CO. The summed E-state index contributed by atoms with van der Waals surface area (Å²) in [5, 5.41) is 27.6. The van der Waals surface area contributed by atoms with Gasteiger partial charge in [0.15, 0.2) is 0 Å². The summed E-state index contributed by atoms with van der Waals surface area (Å²) in [6, 6.07) is 0. The lowest BCUT2D eigenvalue weighted by Crippen LogP contribution is -2.39. The summed E-state index contributed by atoms with van der Waals surface area (Å²) in [5.41, 5.74) is -1.14. The molecule has 0 heterocycles. The predicted molar refractivity (Wildman–Crippen MR) is 114 cm³/mol. The van der Waals surface area contributed by atoms with Crippen molar-refractivity contribution in [2.75, 3.05) is 26.4 Å². The molecule has 0 spiro atoms. The molecule has 0 aliphatic heterocycles. The van der Waals surface area contributed by atoms with Gasteiger partial charge in [0.1, 0.15) is 6.61 Å². The topological polar surface area (TPSA) is 87.0 Å². The monoisotopic (exact) mass is 402 g/mol. The van der Waals surface area contributed by atoms with Crippen LogP contribution in [0.4, 0.5) is 0 Å². The van der Waals surface area contributed by atoms with E-state index in [1.165, 1.54) is 64.2 Å². The molecule has 0 atom stereocenters. The van der Waals surface area contributed by atoms with E-state index in [2.05, 4.69) is 13.8 Å². The summed E-state index contributed by atoms with van der Waals surface area (Å²) in [4.78, 5) is 11.7. The molecule has 0 aromatic rings. The fourth-order valence-corrected chi connectivity index (χ4v) is 3.18. The Morgan fingerprint density at radius 1 is 0.714 bits per heavy atom. The molecule has 0 aromatic carbocycles. The fraction of sp³-hybridized carbons (Fsp3) is 0.957. The Balaban J connectivity index is 3.38. The molecule has 0 aromatic heterocycles. The lowest BCUT2D eigenvalue weighted by atomic mass is 9.93. The molecule has 0 radical (unpaired) electrons. The van der Waals surface area contributed by atoms with Crippen molar-refractivity contribution in [2.24, 2.45) is 11.3 Å². The molecule has 0 amide bonds. The van der Waals surface area contributed by atoms with E-state index in [0.717, 1.165) is 25.2 Å². The highest BCUT2D eigenvalue weighted by molar-refractivity contribution is 5.69. The van der Waals surface area contributed by atoms with Crippen LogP contribution in [0.3, 0.4) is 0 Å². The van der Waals surface area contributed by atoms with Crippen LogP contribution < -0.4 is 0 Å². The minimum absolute atomic E-state index is 0.146. The lowest BCUT2D eigenvalue weighted by molar-refractivity contribution is -0.151. The molecule has 5 nitrogen and oxygen atoms in total. The third kappa shape index (κ3) is 15.3. The second-order valence-electron chi connectivity index (χ2n) is 8.81. The third-order valence-electron chi connectivity index (χ3n) is 5.46. The van der Waals surface area contributed by atoms with E-state index < -0.39 is 25.2 Å². The number of unbranched alkanes of at least 4 members (excludes halogenated alkanes) is 11. The van der Waals surface area contributed by atoms with Gasteiger partial charge in [0.25, 0.3) is 0 Å². The van der Waals surface area contributed by atoms with Crippen LogP contribution >= 0.6 is 0 Å². The number of ether oxygens (including phenoxy) is 1. The Hall–Kier alpha value is -0.650. The van der Waals surface area contributed by atoms with E-state index in [-0.39, 0.29) is 12.6 Å². The Kier molecular flexibility index (Phi) is 18.0. The van der Waals surface area contributed by atoms with E-state index in [1.807, 2.05) is 0 Å². The minimum Gasteiger partial charge on any atom is -0.465 e. The molecule has 0 aliphatic rings. The average Bonchev–Trinajstić information content (AvgIpc) is 2.69. The summed E-state index contributed by atoms with van der Waals surface area (Å²) in [7, 11) is 0.